The number of carbonyl (C=O) groups is 1. The smallest absolute Gasteiger partial charge is 0.332 e. The topological polar surface area (TPSA) is 145 Å². The second-order valence-corrected chi connectivity index (χ2v) is 8.73. The summed E-state index contributed by atoms with van der Waals surface area (Å²) in [5, 5.41) is 19.4. The molecule has 0 saturated carbocycles. The lowest BCUT2D eigenvalue weighted by molar-refractivity contribution is -0.775. The SMILES string of the molecule is CCN(CC)S(=O)(=O)N1CCN([n+]2[n-]oc(=N)c2Br)C(C(=O)c2ccn[nH]2)C1. The van der Waals surface area contributed by atoms with E-state index in [2.05, 4.69) is 31.4 Å². The molecule has 2 aromatic heterocycles. The van der Waals surface area contributed by atoms with Crippen LogP contribution in [0.2, 0.25) is 0 Å². The Kier molecular flexibility index (Phi) is 6.02. The van der Waals surface area contributed by atoms with Crippen LogP contribution in [0.1, 0.15) is 24.3 Å². The molecule has 154 valence electrons. The summed E-state index contributed by atoms with van der Waals surface area (Å²) in [6.07, 6.45) is 1.45. The maximum Gasteiger partial charge on any atom is 0.332 e. The van der Waals surface area contributed by atoms with Gasteiger partial charge in [-0.2, -0.15) is 22.1 Å². The van der Waals surface area contributed by atoms with Crippen LogP contribution in [0.5, 0.6) is 0 Å². The van der Waals surface area contributed by atoms with E-state index in [1.807, 2.05) is 0 Å². The van der Waals surface area contributed by atoms with Crippen LogP contribution in [0.3, 0.4) is 0 Å². The molecule has 0 radical (unpaired) electrons. The summed E-state index contributed by atoms with van der Waals surface area (Å²) in [5.41, 5.74) is 0.0503. The van der Waals surface area contributed by atoms with Gasteiger partial charge >= 0.3 is 10.2 Å². The van der Waals surface area contributed by atoms with Crippen LogP contribution >= 0.6 is 15.9 Å². The molecule has 0 spiro atoms. The molecule has 0 aromatic carbocycles. The molecule has 28 heavy (non-hydrogen) atoms. The van der Waals surface area contributed by atoms with Crippen molar-refractivity contribution in [2.45, 2.75) is 19.9 Å². The summed E-state index contributed by atoms with van der Waals surface area (Å²) in [6.45, 7) is 4.47. The maximum absolute atomic E-state index is 13.1. The largest absolute Gasteiger partial charge is 0.379 e. The van der Waals surface area contributed by atoms with Gasteiger partial charge in [0.2, 0.25) is 0 Å². The Balaban J connectivity index is 1.97. The van der Waals surface area contributed by atoms with Crippen LogP contribution in [-0.2, 0) is 10.2 Å². The molecule has 2 aromatic rings. The van der Waals surface area contributed by atoms with E-state index in [9.17, 15) is 13.2 Å². The number of H-pyrrole nitrogens is 1. The average molecular weight is 477 g/mol. The molecular formula is C14H21BrN8O4S. The van der Waals surface area contributed by atoms with E-state index >= 15 is 0 Å². The first-order valence-corrected chi connectivity index (χ1v) is 10.8. The highest BCUT2D eigenvalue weighted by Gasteiger charge is 2.40. The van der Waals surface area contributed by atoms with Crippen molar-refractivity contribution in [3.8, 4) is 0 Å². The van der Waals surface area contributed by atoms with Crippen molar-refractivity contribution < 1.29 is 22.5 Å². The van der Waals surface area contributed by atoms with E-state index in [0.29, 0.717) is 13.1 Å². The number of hydrogen-bond acceptors (Lipinski definition) is 7. The molecule has 1 atom stereocenters. The van der Waals surface area contributed by atoms with Gasteiger partial charge < -0.3 is 4.52 Å². The molecule has 0 bridgehead atoms. The van der Waals surface area contributed by atoms with E-state index in [-0.39, 0.29) is 41.3 Å². The van der Waals surface area contributed by atoms with E-state index in [0.717, 1.165) is 0 Å². The van der Waals surface area contributed by atoms with Gasteiger partial charge in [-0.1, -0.05) is 18.6 Å². The van der Waals surface area contributed by atoms with E-state index in [4.69, 9.17) is 9.93 Å². The van der Waals surface area contributed by atoms with Crippen molar-refractivity contribution in [3.63, 3.8) is 0 Å². The lowest BCUT2D eigenvalue weighted by Crippen LogP contribution is -2.74. The summed E-state index contributed by atoms with van der Waals surface area (Å²) >= 11 is 3.22. The quantitative estimate of drug-likeness (QED) is 0.368. The van der Waals surface area contributed by atoms with Gasteiger partial charge in [-0.25, -0.2) is 0 Å². The Morgan fingerprint density at radius 2 is 2.21 bits per heavy atom. The van der Waals surface area contributed by atoms with Gasteiger partial charge in [-0.05, 0) is 11.3 Å². The van der Waals surface area contributed by atoms with E-state index < -0.39 is 16.3 Å². The molecule has 1 fully saturated rings. The number of nitrogens with zero attached hydrogens (tertiary/aromatic N) is 6. The fraction of sp³-hybridized carbons (Fsp3) is 0.571. The first-order valence-electron chi connectivity index (χ1n) is 8.66. The van der Waals surface area contributed by atoms with Gasteiger partial charge in [0.15, 0.2) is 5.78 Å². The number of aromatic nitrogens is 4. The first-order chi connectivity index (χ1) is 13.3. The molecule has 0 amide bonds. The first kappa shape index (κ1) is 20.7. The minimum Gasteiger partial charge on any atom is -0.379 e. The van der Waals surface area contributed by atoms with Crippen LogP contribution in [0.4, 0.5) is 0 Å². The number of piperazine rings is 1. The molecule has 1 aliphatic heterocycles. The standard InChI is InChI=1S/C14H21BrN8O4S/c1-3-20(4-2)28(25,26)21-7-8-22(23-13(15)14(16)27-19-23)11(9-21)12(24)10-5-6-17-18-10/h5-6,11,16H,3-4,7-9H2,1-2H3,(H,17,18). The fourth-order valence-electron chi connectivity index (χ4n) is 3.09. The fourth-order valence-corrected chi connectivity index (χ4v) is 5.05. The van der Waals surface area contributed by atoms with Crippen molar-refractivity contribution in [3.05, 3.63) is 28.1 Å². The third-order valence-corrected chi connectivity index (χ3v) is 7.39. The van der Waals surface area contributed by atoms with Gasteiger partial charge in [-0.15, -0.1) is 0 Å². The van der Waals surface area contributed by atoms with Crippen LogP contribution in [-0.4, -0.2) is 71.8 Å². The number of Topliss-reactive ketones (excluding diaryl/α,β-unsaturated/α-hetero) is 1. The number of rotatable bonds is 7. The van der Waals surface area contributed by atoms with Crippen molar-refractivity contribution in [1.82, 2.24) is 24.1 Å². The molecule has 14 heteroatoms. The zero-order chi connectivity index (χ0) is 20.5. The zero-order valence-corrected chi connectivity index (χ0v) is 17.8. The van der Waals surface area contributed by atoms with Crippen LogP contribution < -0.4 is 20.6 Å². The highest BCUT2D eigenvalue weighted by molar-refractivity contribution is 9.10. The predicted molar refractivity (Wildman–Crippen MR) is 99.0 cm³/mol. The number of hydrogen-bond donors (Lipinski definition) is 2. The molecule has 1 aliphatic rings. The number of ketones is 1. The monoisotopic (exact) mass is 476 g/mol. The minimum atomic E-state index is -3.71. The summed E-state index contributed by atoms with van der Waals surface area (Å²) < 4.78 is 33.6. The number of aromatic amines is 1. The lowest BCUT2D eigenvalue weighted by Gasteiger charge is -2.41. The predicted octanol–water partition coefficient (Wildman–Crippen LogP) is -1.42. The molecule has 2 N–H and O–H groups in total. The van der Waals surface area contributed by atoms with Gasteiger partial charge in [0.05, 0.1) is 6.04 Å². The van der Waals surface area contributed by atoms with Gasteiger partial charge in [0.1, 0.15) is 5.69 Å². The van der Waals surface area contributed by atoms with Crippen molar-refractivity contribution in [1.29, 1.82) is 5.41 Å². The number of nitrogens with one attached hydrogen (secondary N) is 2. The Labute approximate surface area is 169 Å². The molecule has 12 nitrogen and oxygen atoms in total. The van der Waals surface area contributed by atoms with Crippen molar-refractivity contribution in [2.24, 2.45) is 0 Å². The molecule has 1 saturated heterocycles. The third-order valence-electron chi connectivity index (χ3n) is 4.56. The zero-order valence-electron chi connectivity index (χ0n) is 15.4. The summed E-state index contributed by atoms with van der Waals surface area (Å²) in [4.78, 5) is 14.3. The third kappa shape index (κ3) is 3.64. The van der Waals surface area contributed by atoms with E-state index in [1.54, 1.807) is 18.9 Å². The molecule has 1 unspecified atom stereocenters. The second kappa shape index (κ2) is 8.14. The Morgan fingerprint density at radius 1 is 1.50 bits per heavy atom. The normalized spacial score (nSPS) is 18.7. The maximum atomic E-state index is 13.1. The van der Waals surface area contributed by atoms with Gasteiger partial charge in [0, 0.05) is 54.9 Å². The average Bonchev–Trinajstić information content (AvgIpc) is 3.33. The van der Waals surface area contributed by atoms with Gasteiger partial charge in [0.25, 0.3) is 10.2 Å². The molecule has 3 rings (SSSR count). The highest BCUT2D eigenvalue weighted by atomic mass is 79.9. The lowest BCUT2D eigenvalue weighted by atomic mass is 10.1. The van der Waals surface area contributed by atoms with Crippen molar-refractivity contribution >= 4 is 31.9 Å². The summed E-state index contributed by atoms with van der Waals surface area (Å²) in [7, 11) is -3.71. The summed E-state index contributed by atoms with van der Waals surface area (Å²) in [5.74, 6) is -0.342. The number of carbonyl (C=O) groups excluding carboxylic acids is 1. The highest BCUT2D eigenvalue weighted by Crippen LogP contribution is 2.17. The number of halogens is 1. The Bertz CT molecular complexity index is 981. The molecular weight excluding hydrogens is 456 g/mol. The van der Waals surface area contributed by atoms with Crippen LogP contribution in [0.15, 0.2) is 21.4 Å². The van der Waals surface area contributed by atoms with Crippen LogP contribution in [0, 0.1) is 5.41 Å². The Morgan fingerprint density at radius 3 is 2.75 bits per heavy atom. The Hall–Kier alpha value is -2.03. The second-order valence-electron chi connectivity index (χ2n) is 6.05. The van der Waals surface area contributed by atoms with Gasteiger partial charge in [-0.3, -0.25) is 20.3 Å². The van der Waals surface area contributed by atoms with E-state index in [1.165, 1.54) is 25.7 Å². The molecule has 0 aliphatic carbocycles. The van der Waals surface area contributed by atoms with Crippen LogP contribution in [0.25, 0.3) is 0 Å². The summed E-state index contributed by atoms with van der Waals surface area (Å²) in [6, 6.07) is 0.641. The van der Waals surface area contributed by atoms with Crippen molar-refractivity contribution in [2.75, 3.05) is 37.7 Å². The molecule has 3 heterocycles. The minimum absolute atomic E-state index is 0.0731.